The van der Waals surface area contributed by atoms with Gasteiger partial charge in [0.1, 0.15) is 11.6 Å². The molecule has 0 aromatic heterocycles. The second-order valence-corrected chi connectivity index (χ2v) is 11.8. The lowest BCUT2D eigenvalue weighted by Gasteiger charge is -2.44. The number of amides is 2. The Labute approximate surface area is 241 Å². The molecule has 1 saturated heterocycles. The minimum atomic E-state index is -1.69. The van der Waals surface area contributed by atoms with Gasteiger partial charge in [-0.25, -0.2) is 13.6 Å². The van der Waals surface area contributed by atoms with Crippen LogP contribution in [0, 0.1) is 36.3 Å². The number of halogens is 2. The lowest BCUT2D eigenvalue weighted by molar-refractivity contribution is -0.142. The van der Waals surface area contributed by atoms with E-state index < -0.39 is 29.2 Å². The second-order valence-electron chi connectivity index (χ2n) is 11.8. The van der Waals surface area contributed by atoms with Crippen LogP contribution in [0.1, 0.15) is 62.5 Å². The minimum Gasteiger partial charge on any atom is -0.465 e. The third-order valence-corrected chi connectivity index (χ3v) is 8.94. The summed E-state index contributed by atoms with van der Waals surface area (Å²) in [7, 11) is 1.94. The van der Waals surface area contributed by atoms with Gasteiger partial charge in [-0.15, -0.1) is 0 Å². The van der Waals surface area contributed by atoms with Gasteiger partial charge in [0, 0.05) is 43.1 Å². The van der Waals surface area contributed by atoms with Crippen LogP contribution in [0.5, 0.6) is 0 Å². The Morgan fingerprint density at radius 3 is 2.54 bits per heavy atom. The Morgan fingerprint density at radius 1 is 1.10 bits per heavy atom. The van der Waals surface area contributed by atoms with Crippen molar-refractivity contribution in [2.24, 2.45) is 17.8 Å². The van der Waals surface area contributed by atoms with E-state index in [9.17, 15) is 19.1 Å². The SMILES string of the molecule is CNC[C@H]1CC[C@H](C(=O)N2CCC[C@@H]([C@@](O)(CCCNC(=O)O)c3cc(F)cc(F)c3-c3cccc(C)c3)C2)CC1. The molecule has 2 fully saturated rings. The number of carbonyl (C=O) groups excluding carboxylic acids is 1. The van der Waals surface area contributed by atoms with Crippen molar-refractivity contribution in [2.75, 3.05) is 33.2 Å². The van der Waals surface area contributed by atoms with E-state index in [0.717, 1.165) is 43.9 Å². The monoisotopic (exact) mass is 571 g/mol. The number of nitrogens with one attached hydrogen (secondary N) is 2. The molecule has 1 saturated carbocycles. The Hall–Kier alpha value is -3.04. The first-order chi connectivity index (χ1) is 19.6. The lowest BCUT2D eigenvalue weighted by atomic mass is 9.71. The largest absolute Gasteiger partial charge is 0.465 e. The van der Waals surface area contributed by atoms with Gasteiger partial charge in [0.15, 0.2) is 0 Å². The van der Waals surface area contributed by atoms with Gasteiger partial charge >= 0.3 is 6.09 Å². The van der Waals surface area contributed by atoms with Crippen molar-refractivity contribution >= 4 is 12.0 Å². The molecule has 0 radical (unpaired) electrons. The highest BCUT2D eigenvalue weighted by Crippen LogP contribution is 2.45. The van der Waals surface area contributed by atoms with E-state index in [0.29, 0.717) is 30.9 Å². The normalized spacial score (nSPS) is 22.7. The number of piperidine rings is 1. The maximum Gasteiger partial charge on any atom is 0.404 e. The fourth-order valence-corrected chi connectivity index (χ4v) is 6.85. The molecule has 1 heterocycles. The summed E-state index contributed by atoms with van der Waals surface area (Å²) >= 11 is 0. The number of hydrogen-bond acceptors (Lipinski definition) is 4. The number of aryl methyl sites for hydroxylation is 1. The highest BCUT2D eigenvalue weighted by atomic mass is 19.1. The maximum absolute atomic E-state index is 15.5. The van der Waals surface area contributed by atoms with Gasteiger partial charge in [0.25, 0.3) is 0 Å². The molecule has 4 N–H and O–H groups in total. The molecule has 2 aliphatic rings. The first-order valence-electron chi connectivity index (χ1n) is 14.8. The zero-order valence-electron chi connectivity index (χ0n) is 24.1. The molecule has 4 rings (SSSR count). The van der Waals surface area contributed by atoms with E-state index in [4.69, 9.17) is 5.11 Å². The molecule has 2 amide bonds. The highest BCUT2D eigenvalue weighted by Gasteiger charge is 2.44. The topological polar surface area (TPSA) is 102 Å². The fourth-order valence-electron chi connectivity index (χ4n) is 6.85. The summed E-state index contributed by atoms with van der Waals surface area (Å²) in [6, 6.07) is 9.24. The summed E-state index contributed by atoms with van der Waals surface area (Å²) in [5.41, 5.74) is 0.0100. The van der Waals surface area contributed by atoms with Gasteiger partial charge in [0.2, 0.25) is 5.91 Å². The van der Waals surface area contributed by atoms with E-state index in [-0.39, 0.29) is 48.9 Å². The molecule has 1 aliphatic heterocycles. The summed E-state index contributed by atoms with van der Waals surface area (Å²) < 4.78 is 30.4. The van der Waals surface area contributed by atoms with Crippen molar-refractivity contribution in [3.8, 4) is 11.1 Å². The number of aliphatic hydroxyl groups is 1. The van der Waals surface area contributed by atoms with Crippen molar-refractivity contribution in [3.63, 3.8) is 0 Å². The molecule has 0 bridgehead atoms. The van der Waals surface area contributed by atoms with Gasteiger partial charge in [-0.3, -0.25) is 4.79 Å². The van der Waals surface area contributed by atoms with Crippen molar-refractivity contribution in [3.05, 3.63) is 59.2 Å². The molecule has 224 valence electrons. The Balaban J connectivity index is 1.66. The predicted octanol–water partition coefficient (Wildman–Crippen LogP) is 5.44. The number of nitrogens with zero attached hydrogens (tertiary/aromatic N) is 1. The smallest absolute Gasteiger partial charge is 0.404 e. The zero-order chi connectivity index (χ0) is 29.6. The number of rotatable bonds is 10. The van der Waals surface area contributed by atoms with Gasteiger partial charge in [-0.2, -0.15) is 0 Å². The van der Waals surface area contributed by atoms with Crippen LogP contribution in [0.2, 0.25) is 0 Å². The van der Waals surface area contributed by atoms with Gasteiger partial charge in [0.05, 0.1) is 5.60 Å². The second kappa shape index (κ2) is 13.7. The van der Waals surface area contributed by atoms with Crippen LogP contribution in [0.15, 0.2) is 36.4 Å². The van der Waals surface area contributed by atoms with E-state index in [1.165, 1.54) is 6.07 Å². The van der Waals surface area contributed by atoms with E-state index in [2.05, 4.69) is 10.6 Å². The average molecular weight is 572 g/mol. The Bertz CT molecular complexity index is 1220. The van der Waals surface area contributed by atoms with Crippen LogP contribution < -0.4 is 10.6 Å². The fraction of sp³-hybridized carbons (Fsp3) is 0.562. The van der Waals surface area contributed by atoms with Crippen LogP contribution in [-0.4, -0.2) is 60.3 Å². The van der Waals surface area contributed by atoms with Crippen LogP contribution in [0.3, 0.4) is 0 Å². The van der Waals surface area contributed by atoms with Gasteiger partial charge in [-0.1, -0.05) is 29.8 Å². The summed E-state index contributed by atoms with van der Waals surface area (Å²) in [6.45, 7) is 3.78. The summed E-state index contributed by atoms with van der Waals surface area (Å²) in [4.78, 5) is 26.5. The third kappa shape index (κ3) is 7.43. The summed E-state index contributed by atoms with van der Waals surface area (Å²) in [5, 5.41) is 27.1. The number of benzene rings is 2. The Morgan fingerprint density at radius 2 is 1.85 bits per heavy atom. The van der Waals surface area contributed by atoms with Crippen LogP contribution in [0.4, 0.5) is 13.6 Å². The predicted molar refractivity (Wildman–Crippen MR) is 154 cm³/mol. The number of carboxylic acid groups (broad SMARTS) is 1. The molecule has 2 aromatic rings. The molecular formula is C32H43F2N3O4. The first kappa shape index (κ1) is 30.9. The number of hydrogen-bond donors (Lipinski definition) is 4. The van der Waals surface area contributed by atoms with Gasteiger partial charge in [-0.05, 0) is 95.0 Å². The summed E-state index contributed by atoms with van der Waals surface area (Å²) in [5.74, 6) is -1.42. The zero-order valence-corrected chi connectivity index (χ0v) is 24.1. The first-order valence-corrected chi connectivity index (χ1v) is 14.8. The quantitative estimate of drug-likeness (QED) is 0.285. The molecule has 2 atom stereocenters. The van der Waals surface area contributed by atoms with Crippen molar-refractivity contribution in [1.82, 2.24) is 15.5 Å². The molecule has 2 aromatic carbocycles. The summed E-state index contributed by atoms with van der Waals surface area (Å²) in [6.07, 6.45) is 4.07. The molecule has 0 spiro atoms. The molecule has 7 nitrogen and oxygen atoms in total. The maximum atomic E-state index is 15.5. The van der Waals surface area contributed by atoms with Crippen LogP contribution in [-0.2, 0) is 10.4 Å². The van der Waals surface area contributed by atoms with Crippen LogP contribution in [0.25, 0.3) is 11.1 Å². The minimum absolute atomic E-state index is 0.0517. The molecule has 9 heteroatoms. The highest BCUT2D eigenvalue weighted by molar-refractivity contribution is 5.79. The van der Waals surface area contributed by atoms with Crippen molar-refractivity contribution in [2.45, 2.75) is 63.9 Å². The standard InChI is InChI=1S/C32H43F2N3O4/c1-21-6-3-7-24(16-21)29-27(17-26(33)18-28(29)34)32(41,13-5-14-36-31(39)40)25-8-4-15-37(20-25)30(38)23-11-9-22(10-12-23)19-35-2/h3,6-7,16-18,22-23,25,35-36,41H,4-5,8-15,19-20H2,1-2H3,(H,39,40)/t22-,23-,25-,32+/m1/s1. The van der Waals surface area contributed by atoms with Crippen molar-refractivity contribution < 1.29 is 28.6 Å². The third-order valence-electron chi connectivity index (χ3n) is 8.94. The molecular weight excluding hydrogens is 528 g/mol. The van der Waals surface area contributed by atoms with Gasteiger partial charge < -0.3 is 25.7 Å². The molecule has 0 unspecified atom stereocenters. The van der Waals surface area contributed by atoms with E-state index >= 15 is 4.39 Å². The molecule has 41 heavy (non-hydrogen) atoms. The number of likely N-dealkylation sites (tertiary alicyclic amines) is 1. The van der Waals surface area contributed by atoms with Crippen molar-refractivity contribution in [1.29, 1.82) is 0 Å². The number of carbonyl (C=O) groups is 2. The van der Waals surface area contributed by atoms with E-state index in [1.54, 1.807) is 18.2 Å². The lowest BCUT2D eigenvalue weighted by Crippen LogP contribution is -2.50. The van der Waals surface area contributed by atoms with E-state index in [1.807, 2.05) is 24.9 Å². The molecule has 1 aliphatic carbocycles. The Kier molecular flexibility index (Phi) is 10.4. The average Bonchev–Trinajstić information content (AvgIpc) is 2.95. The van der Waals surface area contributed by atoms with Crippen LogP contribution >= 0.6 is 0 Å².